The maximum Gasteiger partial charge on any atom is 0.294 e. The van der Waals surface area contributed by atoms with Crippen molar-refractivity contribution in [3.63, 3.8) is 0 Å². The van der Waals surface area contributed by atoms with E-state index in [9.17, 15) is 9.18 Å². The Balaban J connectivity index is 2.70. The van der Waals surface area contributed by atoms with Crippen LogP contribution in [0.25, 0.3) is 5.69 Å². The number of nitrogen functional groups attached to an aromatic ring is 1. The van der Waals surface area contributed by atoms with Crippen LogP contribution in [0.3, 0.4) is 0 Å². The average Bonchev–Trinajstić information content (AvgIpc) is 2.55. The summed E-state index contributed by atoms with van der Waals surface area (Å²) < 4.78 is 16.6. The topological polar surface area (TPSA) is 53.0 Å². The van der Waals surface area contributed by atoms with E-state index in [2.05, 4.69) is 0 Å². The van der Waals surface area contributed by atoms with Gasteiger partial charge < -0.3 is 5.73 Å². The zero-order valence-corrected chi connectivity index (χ0v) is 10.5. The van der Waals surface area contributed by atoms with Crippen molar-refractivity contribution in [2.45, 2.75) is 19.8 Å². The molecule has 0 aliphatic rings. The number of rotatable bonds is 3. The van der Waals surface area contributed by atoms with Gasteiger partial charge in [-0.1, -0.05) is 25.5 Å². The van der Waals surface area contributed by atoms with Crippen LogP contribution in [0.1, 0.15) is 19.0 Å². The third kappa shape index (κ3) is 1.81. The van der Waals surface area contributed by atoms with Crippen molar-refractivity contribution in [3.05, 3.63) is 46.1 Å². The van der Waals surface area contributed by atoms with Gasteiger partial charge in [0.2, 0.25) is 0 Å². The molecule has 1 aromatic carbocycles. The third-order valence-corrected chi connectivity index (χ3v) is 2.99. The molecule has 0 atom stereocenters. The molecule has 18 heavy (non-hydrogen) atoms. The fourth-order valence-electron chi connectivity index (χ4n) is 2.10. The molecule has 2 rings (SSSR count). The van der Waals surface area contributed by atoms with E-state index in [1.165, 1.54) is 10.7 Å². The van der Waals surface area contributed by atoms with Gasteiger partial charge in [-0.15, -0.1) is 0 Å². The molecule has 0 amide bonds. The Labute approximate surface area is 104 Å². The Morgan fingerprint density at radius 3 is 2.61 bits per heavy atom. The summed E-state index contributed by atoms with van der Waals surface area (Å²) in [6.45, 7) is 2.00. The summed E-state index contributed by atoms with van der Waals surface area (Å²) in [6, 6.07) is 6.16. The molecule has 1 heterocycles. The van der Waals surface area contributed by atoms with Crippen LogP contribution in [0.2, 0.25) is 0 Å². The first kappa shape index (κ1) is 12.4. The van der Waals surface area contributed by atoms with Crippen LogP contribution in [0.4, 0.5) is 10.1 Å². The first-order valence-corrected chi connectivity index (χ1v) is 5.89. The second-order valence-electron chi connectivity index (χ2n) is 4.20. The fourth-order valence-corrected chi connectivity index (χ4v) is 2.10. The number of aromatic nitrogens is 2. The molecule has 0 saturated heterocycles. The van der Waals surface area contributed by atoms with Gasteiger partial charge in [0, 0.05) is 7.05 Å². The highest BCUT2D eigenvalue weighted by molar-refractivity contribution is 5.45. The lowest BCUT2D eigenvalue weighted by Crippen LogP contribution is -2.21. The number of halogens is 1. The van der Waals surface area contributed by atoms with E-state index in [-0.39, 0.29) is 16.9 Å². The van der Waals surface area contributed by atoms with E-state index in [0.717, 1.165) is 12.1 Å². The minimum absolute atomic E-state index is 0.197. The van der Waals surface area contributed by atoms with Crippen LogP contribution in [-0.2, 0) is 13.5 Å². The maximum atomic E-state index is 13.7. The summed E-state index contributed by atoms with van der Waals surface area (Å²) in [4.78, 5) is 12.1. The van der Waals surface area contributed by atoms with Gasteiger partial charge in [-0.05, 0) is 18.6 Å². The van der Waals surface area contributed by atoms with Crippen molar-refractivity contribution in [2.24, 2.45) is 7.05 Å². The van der Waals surface area contributed by atoms with E-state index >= 15 is 0 Å². The molecule has 2 aromatic rings. The molecule has 0 fully saturated rings. The second-order valence-corrected chi connectivity index (χ2v) is 4.20. The van der Waals surface area contributed by atoms with Crippen LogP contribution in [0.5, 0.6) is 0 Å². The summed E-state index contributed by atoms with van der Waals surface area (Å²) in [5.41, 5.74) is 6.59. The van der Waals surface area contributed by atoms with Crippen molar-refractivity contribution < 1.29 is 4.39 Å². The third-order valence-electron chi connectivity index (χ3n) is 2.99. The minimum atomic E-state index is -0.441. The number of nitrogens with two attached hydrogens (primary N) is 1. The summed E-state index contributed by atoms with van der Waals surface area (Å²) >= 11 is 0. The molecular weight excluding hydrogens is 233 g/mol. The summed E-state index contributed by atoms with van der Waals surface area (Å²) in [6.07, 6.45) is 1.57. The zero-order chi connectivity index (χ0) is 13.3. The van der Waals surface area contributed by atoms with Gasteiger partial charge >= 0.3 is 0 Å². The highest BCUT2D eigenvalue weighted by atomic mass is 19.1. The van der Waals surface area contributed by atoms with E-state index in [1.54, 1.807) is 29.9 Å². The van der Waals surface area contributed by atoms with Crippen LogP contribution in [0.15, 0.2) is 29.1 Å². The van der Waals surface area contributed by atoms with Gasteiger partial charge in [-0.2, -0.15) is 0 Å². The van der Waals surface area contributed by atoms with E-state index in [4.69, 9.17) is 5.73 Å². The Kier molecular flexibility index (Phi) is 3.23. The number of hydrogen-bond acceptors (Lipinski definition) is 2. The Morgan fingerprint density at radius 2 is 2.00 bits per heavy atom. The molecule has 2 N–H and O–H groups in total. The Hall–Kier alpha value is -2.04. The first-order chi connectivity index (χ1) is 8.57. The van der Waals surface area contributed by atoms with Crippen molar-refractivity contribution in [3.8, 4) is 5.69 Å². The number of para-hydroxylation sites is 1. The molecule has 0 aliphatic heterocycles. The quantitative estimate of drug-likeness (QED) is 0.902. The highest BCUT2D eigenvalue weighted by Crippen LogP contribution is 2.16. The van der Waals surface area contributed by atoms with Crippen molar-refractivity contribution in [1.29, 1.82) is 0 Å². The standard InChI is InChI=1S/C13H16FN3O/c1-3-6-11-12(15)13(18)17(16(11)2)10-8-5-4-7-9(10)14/h4-5,7-8H,3,6,15H2,1-2H3. The van der Waals surface area contributed by atoms with Crippen LogP contribution >= 0.6 is 0 Å². The first-order valence-electron chi connectivity index (χ1n) is 5.89. The lowest BCUT2D eigenvalue weighted by Gasteiger charge is -2.10. The van der Waals surface area contributed by atoms with E-state index in [0.29, 0.717) is 6.42 Å². The molecule has 0 saturated carbocycles. The molecule has 5 heteroatoms. The fraction of sp³-hybridized carbons (Fsp3) is 0.308. The van der Waals surface area contributed by atoms with Crippen LogP contribution in [-0.4, -0.2) is 9.36 Å². The lowest BCUT2D eigenvalue weighted by atomic mass is 10.2. The van der Waals surface area contributed by atoms with Gasteiger partial charge in [0.1, 0.15) is 17.2 Å². The molecule has 0 bridgehead atoms. The number of benzene rings is 1. The molecule has 1 aromatic heterocycles. The van der Waals surface area contributed by atoms with Crippen molar-refractivity contribution in [2.75, 3.05) is 5.73 Å². The predicted molar refractivity (Wildman–Crippen MR) is 69.4 cm³/mol. The largest absolute Gasteiger partial charge is 0.393 e. The average molecular weight is 249 g/mol. The lowest BCUT2D eigenvalue weighted by molar-refractivity contribution is 0.562. The van der Waals surface area contributed by atoms with Gasteiger partial charge in [-0.3, -0.25) is 9.48 Å². The molecule has 4 nitrogen and oxygen atoms in total. The molecule has 0 spiro atoms. The summed E-state index contributed by atoms with van der Waals surface area (Å²) in [5, 5.41) is 0. The molecule has 96 valence electrons. The number of nitrogens with zero attached hydrogens (tertiary/aromatic N) is 2. The minimum Gasteiger partial charge on any atom is -0.393 e. The number of hydrogen-bond donors (Lipinski definition) is 1. The Morgan fingerprint density at radius 1 is 1.33 bits per heavy atom. The van der Waals surface area contributed by atoms with Crippen LogP contribution in [0, 0.1) is 5.82 Å². The van der Waals surface area contributed by atoms with E-state index in [1.807, 2.05) is 6.92 Å². The normalized spacial score (nSPS) is 10.8. The van der Waals surface area contributed by atoms with Crippen molar-refractivity contribution >= 4 is 5.69 Å². The van der Waals surface area contributed by atoms with Crippen LogP contribution < -0.4 is 11.3 Å². The smallest absolute Gasteiger partial charge is 0.294 e. The molecule has 0 radical (unpaired) electrons. The van der Waals surface area contributed by atoms with Crippen molar-refractivity contribution in [1.82, 2.24) is 9.36 Å². The molecule has 0 unspecified atom stereocenters. The van der Waals surface area contributed by atoms with Gasteiger partial charge in [-0.25, -0.2) is 9.07 Å². The SMILES string of the molecule is CCCc1c(N)c(=O)n(-c2ccccc2F)n1C. The highest BCUT2D eigenvalue weighted by Gasteiger charge is 2.17. The predicted octanol–water partition coefficient (Wildman–Crippen LogP) is 1.85. The second kappa shape index (κ2) is 4.68. The maximum absolute atomic E-state index is 13.7. The molecule has 0 aliphatic carbocycles. The zero-order valence-electron chi connectivity index (χ0n) is 10.5. The summed E-state index contributed by atoms with van der Waals surface area (Å²) in [7, 11) is 1.72. The van der Waals surface area contributed by atoms with Gasteiger partial charge in [0.25, 0.3) is 5.56 Å². The Bertz CT molecular complexity index is 628. The summed E-state index contributed by atoms with van der Waals surface area (Å²) in [5.74, 6) is -0.441. The number of anilines is 1. The molecular formula is C13H16FN3O. The monoisotopic (exact) mass is 249 g/mol. The van der Waals surface area contributed by atoms with Gasteiger partial charge in [0.15, 0.2) is 0 Å². The van der Waals surface area contributed by atoms with E-state index < -0.39 is 5.82 Å². The van der Waals surface area contributed by atoms with Gasteiger partial charge in [0.05, 0.1) is 5.69 Å².